The number of rotatable bonds is 0. The highest BCUT2D eigenvalue weighted by molar-refractivity contribution is 5.92. The first-order chi connectivity index (χ1) is 7.71. The summed E-state index contributed by atoms with van der Waals surface area (Å²) in [5.74, 6) is -0.263. The Morgan fingerprint density at radius 1 is 1.38 bits per heavy atom. The summed E-state index contributed by atoms with van der Waals surface area (Å²) in [5, 5.41) is 3.28. The van der Waals surface area contributed by atoms with Crippen molar-refractivity contribution < 1.29 is 9.53 Å². The second kappa shape index (κ2) is 3.28. The molecule has 16 heavy (non-hydrogen) atoms. The van der Waals surface area contributed by atoms with Gasteiger partial charge < -0.3 is 10.1 Å². The molecule has 1 saturated heterocycles. The molecular weight excluding hydrogens is 204 g/mol. The maximum absolute atomic E-state index is 11.8. The number of pyridine rings is 1. The average molecular weight is 218 g/mol. The summed E-state index contributed by atoms with van der Waals surface area (Å²) in [6.45, 7) is 3.67. The highest BCUT2D eigenvalue weighted by Crippen LogP contribution is 2.41. The molecule has 1 aromatic rings. The van der Waals surface area contributed by atoms with Crippen molar-refractivity contribution in [2.45, 2.75) is 25.4 Å². The van der Waals surface area contributed by atoms with E-state index in [1.807, 2.05) is 19.1 Å². The molecule has 3 heterocycles. The molecule has 1 fully saturated rings. The number of ether oxygens (including phenoxy) is 1. The third-order valence-electron chi connectivity index (χ3n) is 3.42. The van der Waals surface area contributed by atoms with Crippen molar-refractivity contribution in [2.75, 3.05) is 13.1 Å². The summed E-state index contributed by atoms with van der Waals surface area (Å²) in [7, 11) is 0. The number of piperidine rings is 1. The maximum atomic E-state index is 11.8. The van der Waals surface area contributed by atoms with Gasteiger partial charge in [-0.2, -0.15) is 0 Å². The lowest BCUT2D eigenvalue weighted by Gasteiger charge is -2.32. The van der Waals surface area contributed by atoms with Gasteiger partial charge in [-0.05, 0) is 26.1 Å². The molecule has 84 valence electrons. The second-order valence-corrected chi connectivity index (χ2v) is 4.48. The first kappa shape index (κ1) is 9.78. The number of esters is 1. The van der Waals surface area contributed by atoms with Gasteiger partial charge in [0.2, 0.25) is 0 Å². The van der Waals surface area contributed by atoms with E-state index in [9.17, 15) is 4.79 Å². The number of hydrogen-bond acceptors (Lipinski definition) is 4. The Labute approximate surface area is 94.0 Å². The van der Waals surface area contributed by atoms with Crippen molar-refractivity contribution in [1.82, 2.24) is 10.3 Å². The minimum atomic E-state index is -0.404. The zero-order valence-electron chi connectivity index (χ0n) is 9.25. The highest BCUT2D eigenvalue weighted by atomic mass is 16.6. The minimum absolute atomic E-state index is 0.263. The molecule has 0 saturated carbocycles. The van der Waals surface area contributed by atoms with E-state index in [-0.39, 0.29) is 5.97 Å². The Bertz CT molecular complexity index is 450. The minimum Gasteiger partial charge on any atom is -0.449 e. The SMILES string of the molecule is Cc1ccc2c(n1)C(=O)OC21CCNCC1. The van der Waals surface area contributed by atoms with E-state index >= 15 is 0 Å². The Morgan fingerprint density at radius 2 is 2.12 bits per heavy atom. The largest absolute Gasteiger partial charge is 0.449 e. The number of fused-ring (bicyclic) bond motifs is 2. The van der Waals surface area contributed by atoms with Crippen molar-refractivity contribution in [3.05, 3.63) is 29.1 Å². The molecule has 3 rings (SSSR count). The lowest BCUT2D eigenvalue weighted by molar-refractivity contribution is -0.0242. The van der Waals surface area contributed by atoms with Gasteiger partial charge in [0.25, 0.3) is 0 Å². The lowest BCUT2D eigenvalue weighted by atomic mass is 9.85. The van der Waals surface area contributed by atoms with Crippen LogP contribution in [0.5, 0.6) is 0 Å². The van der Waals surface area contributed by atoms with Crippen molar-refractivity contribution >= 4 is 5.97 Å². The molecule has 2 aliphatic rings. The molecule has 0 radical (unpaired) electrons. The smallest absolute Gasteiger partial charge is 0.358 e. The van der Waals surface area contributed by atoms with Crippen LogP contribution in [0.25, 0.3) is 0 Å². The van der Waals surface area contributed by atoms with Crippen LogP contribution in [0.15, 0.2) is 12.1 Å². The van der Waals surface area contributed by atoms with Gasteiger partial charge in [-0.1, -0.05) is 6.07 Å². The van der Waals surface area contributed by atoms with E-state index in [0.29, 0.717) is 5.69 Å². The predicted octanol–water partition coefficient (Wildman–Crippen LogP) is 1.14. The summed E-state index contributed by atoms with van der Waals surface area (Å²) in [4.78, 5) is 16.1. The number of aromatic nitrogens is 1. The van der Waals surface area contributed by atoms with E-state index in [4.69, 9.17) is 4.74 Å². The van der Waals surface area contributed by atoms with Crippen LogP contribution in [0.2, 0.25) is 0 Å². The summed E-state index contributed by atoms with van der Waals surface area (Å²) in [6.07, 6.45) is 1.69. The van der Waals surface area contributed by atoms with Crippen LogP contribution in [0, 0.1) is 6.92 Å². The van der Waals surface area contributed by atoms with Crippen molar-refractivity contribution in [3.8, 4) is 0 Å². The molecule has 0 bridgehead atoms. The molecule has 1 N–H and O–H groups in total. The number of carbonyl (C=O) groups is 1. The molecule has 2 aliphatic heterocycles. The standard InChI is InChI=1S/C12H14N2O2/c1-8-2-3-9-10(14-8)11(15)16-12(9)4-6-13-7-5-12/h2-3,13H,4-7H2,1H3. The fraction of sp³-hybridized carbons (Fsp3) is 0.500. The van der Waals surface area contributed by atoms with E-state index < -0.39 is 5.60 Å². The van der Waals surface area contributed by atoms with Gasteiger partial charge in [0.05, 0.1) is 0 Å². The molecule has 0 aromatic carbocycles. The van der Waals surface area contributed by atoms with Gasteiger partial charge in [-0.15, -0.1) is 0 Å². The zero-order valence-corrected chi connectivity index (χ0v) is 9.25. The van der Waals surface area contributed by atoms with Crippen LogP contribution in [0.3, 0.4) is 0 Å². The number of carbonyl (C=O) groups excluding carboxylic acids is 1. The number of nitrogens with zero attached hydrogens (tertiary/aromatic N) is 1. The zero-order chi connectivity index (χ0) is 11.2. The van der Waals surface area contributed by atoms with Crippen molar-refractivity contribution in [2.24, 2.45) is 0 Å². The van der Waals surface area contributed by atoms with Crippen LogP contribution >= 0.6 is 0 Å². The van der Waals surface area contributed by atoms with E-state index in [1.54, 1.807) is 0 Å². The van der Waals surface area contributed by atoms with E-state index in [0.717, 1.165) is 37.2 Å². The lowest BCUT2D eigenvalue weighted by Crippen LogP contribution is -2.39. The molecule has 4 nitrogen and oxygen atoms in total. The highest BCUT2D eigenvalue weighted by Gasteiger charge is 2.46. The third kappa shape index (κ3) is 1.26. The van der Waals surface area contributed by atoms with Gasteiger partial charge in [0.15, 0.2) is 5.69 Å². The molecule has 4 heteroatoms. The summed E-state index contributed by atoms with van der Waals surface area (Å²) in [5.41, 5.74) is 1.95. The predicted molar refractivity (Wildman–Crippen MR) is 58.2 cm³/mol. The quantitative estimate of drug-likeness (QED) is 0.663. The second-order valence-electron chi connectivity index (χ2n) is 4.48. The summed E-state index contributed by atoms with van der Waals surface area (Å²) in [6, 6.07) is 3.94. The van der Waals surface area contributed by atoms with Gasteiger partial charge in [-0.3, -0.25) is 0 Å². The normalized spacial score (nSPS) is 21.9. The van der Waals surface area contributed by atoms with Gasteiger partial charge in [0, 0.05) is 24.1 Å². The van der Waals surface area contributed by atoms with Crippen LogP contribution in [-0.4, -0.2) is 24.0 Å². The fourth-order valence-corrected chi connectivity index (χ4v) is 2.56. The molecular formula is C12H14N2O2. The van der Waals surface area contributed by atoms with Crippen LogP contribution in [-0.2, 0) is 10.3 Å². The first-order valence-electron chi connectivity index (χ1n) is 5.63. The Balaban J connectivity index is 2.11. The van der Waals surface area contributed by atoms with Crippen molar-refractivity contribution in [1.29, 1.82) is 0 Å². The van der Waals surface area contributed by atoms with Gasteiger partial charge in [-0.25, -0.2) is 9.78 Å². The Morgan fingerprint density at radius 3 is 2.88 bits per heavy atom. The average Bonchev–Trinajstić information content (AvgIpc) is 2.53. The molecule has 0 aliphatic carbocycles. The fourth-order valence-electron chi connectivity index (χ4n) is 2.56. The van der Waals surface area contributed by atoms with Crippen LogP contribution < -0.4 is 5.32 Å². The van der Waals surface area contributed by atoms with E-state index in [1.165, 1.54) is 0 Å². The van der Waals surface area contributed by atoms with Crippen LogP contribution in [0.1, 0.15) is 34.6 Å². The number of hydrogen-bond donors (Lipinski definition) is 1. The third-order valence-corrected chi connectivity index (χ3v) is 3.42. The molecule has 0 amide bonds. The molecule has 0 unspecified atom stereocenters. The molecule has 1 aromatic heterocycles. The number of nitrogens with one attached hydrogen (secondary N) is 1. The maximum Gasteiger partial charge on any atom is 0.358 e. The molecule has 1 spiro atoms. The van der Waals surface area contributed by atoms with Gasteiger partial charge >= 0.3 is 5.97 Å². The van der Waals surface area contributed by atoms with Gasteiger partial charge in [0.1, 0.15) is 5.60 Å². The van der Waals surface area contributed by atoms with Crippen LogP contribution in [0.4, 0.5) is 0 Å². The van der Waals surface area contributed by atoms with Crippen molar-refractivity contribution in [3.63, 3.8) is 0 Å². The van der Waals surface area contributed by atoms with E-state index in [2.05, 4.69) is 10.3 Å². The number of aryl methyl sites for hydroxylation is 1. The molecule has 0 atom stereocenters. The Hall–Kier alpha value is -1.42. The monoisotopic (exact) mass is 218 g/mol. The summed E-state index contributed by atoms with van der Waals surface area (Å²) < 4.78 is 5.57. The Kier molecular flexibility index (Phi) is 2.01. The topological polar surface area (TPSA) is 51.2 Å². The first-order valence-corrected chi connectivity index (χ1v) is 5.63. The summed E-state index contributed by atoms with van der Waals surface area (Å²) >= 11 is 0.